The van der Waals surface area contributed by atoms with Gasteiger partial charge in [0.1, 0.15) is 11.5 Å². The van der Waals surface area contributed by atoms with Crippen molar-refractivity contribution < 1.29 is 32.2 Å². The average Bonchev–Trinajstić information content (AvgIpc) is 2.99. The van der Waals surface area contributed by atoms with Gasteiger partial charge in [0.2, 0.25) is 10.0 Å². The maximum absolute atomic E-state index is 13.2. The van der Waals surface area contributed by atoms with Gasteiger partial charge in [-0.25, -0.2) is 8.42 Å². The first-order valence-corrected chi connectivity index (χ1v) is 14.0. The molecule has 0 radical (unpaired) electrons. The van der Waals surface area contributed by atoms with Gasteiger partial charge >= 0.3 is 0 Å². The van der Waals surface area contributed by atoms with E-state index in [2.05, 4.69) is 5.32 Å². The summed E-state index contributed by atoms with van der Waals surface area (Å²) in [6.45, 7) is 1.41. The van der Waals surface area contributed by atoms with Crippen LogP contribution in [0.4, 0.5) is 5.69 Å². The van der Waals surface area contributed by atoms with E-state index in [9.17, 15) is 18.0 Å². The first-order valence-electron chi connectivity index (χ1n) is 12.6. The van der Waals surface area contributed by atoms with Crippen LogP contribution in [0, 0.1) is 0 Å². The number of nitrogens with zero attached hydrogens (tertiary/aromatic N) is 2. The van der Waals surface area contributed by atoms with E-state index < -0.39 is 16.1 Å². The Balaban J connectivity index is 1.22. The van der Waals surface area contributed by atoms with E-state index in [1.807, 2.05) is 30.3 Å². The number of anilines is 1. The minimum absolute atomic E-state index is 0.0244. The zero-order valence-corrected chi connectivity index (χ0v) is 22.0. The van der Waals surface area contributed by atoms with Crippen molar-refractivity contribution >= 4 is 27.5 Å². The minimum atomic E-state index is -3.63. The zero-order chi connectivity index (χ0) is 27.2. The molecule has 2 heterocycles. The molecular weight excluding hydrogens is 522 g/mol. The van der Waals surface area contributed by atoms with Gasteiger partial charge in [0.15, 0.2) is 12.7 Å². The molecule has 1 atom stereocenters. The lowest BCUT2D eigenvalue weighted by Crippen LogP contribution is -2.51. The molecule has 0 unspecified atom stereocenters. The van der Waals surface area contributed by atoms with Crippen molar-refractivity contribution in [1.29, 1.82) is 0 Å². The number of fused-ring (bicyclic) bond motifs is 1. The second-order valence-corrected chi connectivity index (χ2v) is 11.0. The topological polar surface area (TPSA) is 114 Å². The Bertz CT molecular complexity index is 1410. The minimum Gasteiger partial charge on any atom is -0.484 e. The van der Waals surface area contributed by atoms with E-state index in [1.54, 1.807) is 24.3 Å². The summed E-state index contributed by atoms with van der Waals surface area (Å²) < 4.78 is 43.9. The molecule has 3 aromatic rings. The molecular formula is C28H29N3O7S. The number of hydrogen-bond acceptors (Lipinski definition) is 7. The summed E-state index contributed by atoms with van der Waals surface area (Å²) >= 11 is 0. The third-order valence-corrected chi connectivity index (χ3v) is 8.38. The molecule has 2 amide bonds. The molecule has 204 valence electrons. The highest BCUT2D eigenvalue weighted by Gasteiger charge is 2.34. The summed E-state index contributed by atoms with van der Waals surface area (Å²) in [5.41, 5.74) is 1.50. The summed E-state index contributed by atoms with van der Waals surface area (Å²) in [6, 6.07) is 22.5. The lowest BCUT2D eigenvalue weighted by molar-refractivity contribution is -0.128. The molecule has 10 nitrogen and oxygen atoms in total. The van der Waals surface area contributed by atoms with Gasteiger partial charge in [-0.3, -0.25) is 9.59 Å². The van der Waals surface area contributed by atoms with Crippen LogP contribution in [0.3, 0.4) is 0 Å². The molecule has 1 fully saturated rings. The quantitative estimate of drug-likeness (QED) is 0.457. The van der Waals surface area contributed by atoms with Gasteiger partial charge in [-0.1, -0.05) is 42.5 Å². The fourth-order valence-electron chi connectivity index (χ4n) is 4.37. The van der Waals surface area contributed by atoms with E-state index >= 15 is 0 Å². The Labute approximate surface area is 227 Å². The summed E-state index contributed by atoms with van der Waals surface area (Å²) in [4.78, 5) is 27.7. The van der Waals surface area contributed by atoms with E-state index in [0.29, 0.717) is 50.0 Å². The molecule has 39 heavy (non-hydrogen) atoms. The second-order valence-electron chi connectivity index (χ2n) is 9.06. The maximum Gasteiger partial charge on any atom is 0.265 e. The molecule has 2 aliphatic heterocycles. The number of para-hydroxylation sites is 2. The molecule has 0 bridgehead atoms. The van der Waals surface area contributed by atoms with Crippen molar-refractivity contribution in [2.75, 3.05) is 44.4 Å². The van der Waals surface area contributed by atoms with Gasteiger partial charge in [-0.2, -0.15) is 4.31 Å². The van der Waals surface area contributed by atoms with Gasteiger partial charge in [0, 0.05) is 19.6 Å². The van der Waals surface area contributed by atoms with Crippen molar-refractivity contribution in [3.8, 4) is 11.5 Å². The predicted octanol–water partition coefficient (Wildman–Crippen LogP) is 2.20. The monoisotopic (exact) mass is 551 g/mol. The number of amides is 2. The first-order chi connectivity index (χ1) is 18.9. The standard InChI is InChI=1S/C28H29N3O7S/c32-27(20-37-22-10-12-23(13-11-22)39(34,35)30-14-16-36-17-15-30)31-19-26(38-25-9-5-4-8-24(25)31)28(33)29-18-21-6-2-1-3-7-21/h1-13,26H,14-20H2,(H,29,33)/t26-/m0/s1. The number of ether oxygens (including phenoxy) is 3. The van der Waals surface area contributed by atoms with E-state index in [-0.39, 0.29) is 29.9 Å². The highest BCUT2D eigenvalue weighted by Crippen LogP contribution is 2.33. The Morgan fingerprint density at radius 2 is 1.62 bits per heavy atom. The molecule has 0 aliphatic carbocycles. The molecule has 2 aliphatic rings. The molecule has 11 heteroatoms. The molecule has 0 aromatic heterocycles. The van der Waals surface area contributed by atoms with Crippen LogP contribution in [0.5, 0.6) is 11.5 Å². The second kappa shape index (κ2) is 11.9. The van der Waals surface area contributed by atoms with E-state index in [0.717, 1.165) is 5.56 Å². The number of rotatable bonds is 8. The van der Waals surface area contributed by atoms with Crippen LogP contribution in [0.25, 0.3) is 0 Å². The van der Waals surface area contributed by atoms with Gasteiger partial charge in [0.25, 0.3) is 11.8 Å². The van der Waals surface area contributed by atoms with Crippen molar-refractivity contribution in [2.45, 2.75) is 17.5 Å². The first kappa shape index (κ1) is 26.7. The van der Waals surface area contributed by atoms with Crippen molar-refractivity contribution in [1.82, 2.24) is 9.62 Å². The molecule has 1 saturated heterocycles. The number of sulfonamides is 1. The SMILES string of the molecule is O=C(NCc1ccccc1)[C@@H]1CN(C(=O)COc2ccc(S(=O)(=O)N3CCOCC3)cc2)c2ccccc2O1. The number of nitrogens with one attached hydrogen (secondary N) is 1. The van der Waals surface area contributed by atoms with Gasteiger partial charge < -0.3 is 24.4 Å². The largest absolute Gasteiger partial charge is 0.484 e. The van der Waals surface area contributed by atoms with Crippen LogP contribution >= 0.6 is 0 Å². The highest BCUT2D eigenvalue weighted by molar-refractivity contribution is 7.89. The maximum atomic E-state index is 13.2. The fourth-order valence-corrected chi connectivity index (χ4v) is 5.78. The number of hydrogen-bond donors (Lipinski definition) is 1. The molecule has 0 saturated carbocycles. The van der Waals surface area contributed by atoms with Crippen LogP contribution in [0.1, 0.15) is 5.56 Å². The lowest BCUT2D eigenvalue weighted by atomic mass is 10.1. The molecule has 5 rings (SSSR count). The lowest BCUT2D eigenvalue weighted by Gasteiger charge is -2.34. The summed E-state index contributed by atoms with van der Waals surface area (Å²) in [7, 11) is -3.63. The van der Waals surface area contributed by atoms with Crippen molar-refractivity contribution in [3.05, 3.63) is 84.4 Å². The molecule has 0 spiro atoms. The Kier molecular flexibility index (Phi) is 8.10. The van der Waals surface area contributed by atoms with E-state index in [4.69, 9.17) is 14.2 Å². The normalized spacial score (nSPS) is 17.5. The van der Waals surface area contributed by atoms with Crippen LogP contribution in [-0.4, -0.2) is 70.1 Å². The van der Waals surface area contributed by atoms with E-state index in [1.165, 1.54) is 33.5 Å². The number of morpholine rings is 1. The summed E-state index contributed by atoms with van der Waals surface area (Å²) in [6.07, 6.45) is -0.891. The Morgan fingerprint density at radius 1 is 0.923 bits per heavy atom. The third kappa shape index (κ3) is 6.22. The van der Waals surface area contributed by atoms with Crippen molar-refractivity contribution in [3.63, 3.8) is 0 Å². The van der Waals surface area contributed by atoms with Crippen LogP contribution in [0.15, 0.2) is 83.8 Å². The molecule has 3 aromatic carbocycles. The average molecular weight is 552 g/mol. The van der Waals surface area contributed by atoms with Gasteiger partial charge in [-0.15, -0.1) is 0 Å². The smallest absolute Gasteiger partial charge is 0.265 e. The fraction of sp³-hybridized carbons (Fsp3) is 0.286. The van der Waals surface area contributed by atoms with Crippen LogP contribution in [0.2, 0.25) is 0 Å². The van der Waals surface area contributed by atoms with Crippen LogP contribution in [-0.2, 0) is 30.9 Å². The predicted molar refractivity (Wildman–Crippen MR) is 143 cm³/mol. The molecule has 1 N–H and O–H groups in total. The van der Waals surface area contributed by atoms with Crippen molar-refractivity contribution in [2.24, 2.45) is 0 Å². The zero-order valence-electron chi connectivity index (χ0n) is 21.2. The Hall–Kier alpha value is -3.93. The van der Waals surface area contributed by atoms with Gasteiger partial charge in [0.05, 0.1) is 30.3 Å². The van der Waals surface area contributed by atoms with Gasteiger partial charge in [-0.05, 0) is 42.0 Å². The van der Waals surface area contributed by atoms with Crippen LogP contribution < -0.4 is 19.7 Å². The number of benzene rings is 3. The Morgan fingerprint density at radius 3 is 2.36 bits per heavy atom. The number of carbonyl (C=O) groups excluding carboxylic acids is 2. The third-order valence-electron chi connectivity index (χ3n) is 6.47. The summed E-state index contributed by atoms with van der Waals surface area (Å²) in [5, 5.41) is 2.87. The summed E-state index contributed by atoms with van der Waals surface area (Å²) in [5.74, 6) is 0.0818. The highest BCUT2D eigenvalue weighted by atomic mass is 32.2. The number of carbonyl (C=O) groups is 2.